The van der Waals surface area contributed by atoms with Crippen LogP contribution in [-0.4, -0.2) is 21.6 Å². The van der Waals surface area contributed by atoms with Crippen LogP contribution in [0.15, 0.2) is 46.2 Å². The summed E-state index contributed by atoms with van der Waals surface area (Å²) in [5.74, 6) is 1.01. The Morgan fingerprint density at radius 2 is 2.10 bits per heavy atom. The molecule has 0 radical (unpaired) electrons. The van der Waals surface area contributed by atoms with Crippen LogP contribution in [-0.2, 0) is 4.79 Å². The lowest BCUT2D eigenvalue weighted by Gasteiger charge is -2.11. The molecule has 0 fully saturated rings. The van der Waals surface area contributed by atoms with Gasteiger partial charge in [-0.15, -0.1) is 11.8 Å². The van der Waals surface area contributed by atoms with Crippen molar-refractivity contribution in [2.75, 3.05) is 16.8 Å². The molecule has 0 aliphatic rings. The number of nitrogens with one attached hydrogen (secondary N) is 1. The van der Waals surface area contributed by atoms with E-state index in [0.717, 1.165) is 5.56 Å². The second-order valence-corrected chi connectivity index (χ2v) is 7.08. The number of hydrogen-bond donors (Lipinski definition) is 2. The van der Waals surface area contributed by atoms with Crippen LogP contribution in [0.3, 0.4) is 0 Å². The summed E-state index contributed by atoms with van der Waals surface area (Å²) < 4.78 is 5.37. The standard InChI is InChI=1S/C20H16N6O2S/c1-12-4-6-24-16(9-12)25-17(27)5-8-29-20-14(11-22)18(15-3-2-7-28-15)13(10-21)19(23)26-20/h2-4,6-7,9H,5,8H2,1H3,(H2,23,26)(H,24,25,27). The maximum atomic E-state index is 12.2. The number of nitriles is 2. The second kappa shape index (κ2) is 8.91. The maximum absolute atomic E-state index is 12.2. The summed E-state index contributed by atoms with van der Waals surface area (Å²) in [5, 5.41) is 22.2. The lowest BCUT2D eigenvalue weighted by molar-refractivity contribution is -0.115. The zero-order valence-corrected chi connectivity index (χ0v) is 16.3. The number of hydrogen-bond acceptors (Lipinski definition) is 8. The summed E-state index contributed by atoms with van der Waals surface area (Å²) in [4.78, 5) is 20.4. The molecule has 3 rings (SSSR count). The molecule has 1 amide bonds. The number of furan rings is 1. The van der Waals surface area contributed by atoms with Crippen LogP contribution in [0.25, 0.3) is 11.3 Å². The average Bonchev–Trinajstić information content (AvgIpc) is 3.22. The predicted molar refractivity (Wildman–Crippen MR) is 109 cm³/mol. The van der Waals surface area contributed by atoms with Crippen LogP contribution < -0.4 is 11.1 Å². The normalized spacial score (nSPS) is 10.2. The van der Waals surface area contributed by atoms with E-state index >= 15 is 0 Å². The fraction of sp³-hybridized carbons (Fsp3) is 0.150. The van der Waals surface area contributed by atoms with Crippen molar-refractivity contribution in [1.82, 2.24) is 9.97 Å². The lowest BCUT2D eigenvalue weighted by Crippen LogP contribution is -2.13. The average molecular weight is 404 g/mol. The third-order valence-corrected chi connectivity index (χ3v) is 4.91. The van der Waals surface area contributed by atoms with E-state index in [0.29, 0.717) is 27.9 Å². The SMILES string of the molecule is Cc1ccnc(NC(=O)CCSc2nc(N)c(C#N)c(-c3ccco3)c2C#N)c1. The molecule has 29 heavy (non-hydrogen) atoms. The molecule has 8 nitrogen and oxygen atoms in total. The summed E-state index contributed by atoms with van der Waals surface area (Å²) in [5.41, 5.74) is 7.50. The first-order valence-electron chi connectivity index (χ1n) is 8.56. The molecule has 0 atom stereocenters. The number of aromatic nitrogens is 2. The van der Waals surface area contributed by atoms with E-state index in [4.69, 9.17) is 10.2 Å². The van der Waals surface area contributed by atoms with Gasteiger partial charge in [-0.3, -0.25) is 4.79 Å². The van der Waals surface area contributed by atoms with E-state index in [2.05, 4.69) is 21.4 Å². The molecule has 3 N–H and O–H groups in total. The molecule has 0 spiro atoms. The van der Waals surface area contributed by atoms with E-state index in [-0.39, 0.29) is 29.3 Å². The topological polar surface area (TPSA) is 142 Å². The highest BCUT2D eigenvalue weighted by Crippen LogP contribution is 2.35. The van der Waals surface area contributed by atoms with Gasteiger partial charge in [0.2, 0.25) is 5.91 Å². The minimum absolute atomic E-state index is 0.00816. The first kappa shape index (κ1) is 19.9. The van der Waals surface area contributed by atoms with Crippen molar-refractivity contribution in [3.05, 3.63) is 53.4 Å². The molecule has 0 aliphatic heterocycles. The monoisotopic (exact) mass is 404 g/mol. The molecule has 144 valence electrons. The molecule has 3 aromatic rings. The zero-order valence-electron chi connectivity index (χ0n) is 15.5. The molecular weight excluding hydrogens is 388 g/mol. The van der Waals surface area contributed by atoms with Gasteiger partial charge >= 0.3 is 0 Å². The van der Waals surface area contributed by atoms with E-state index < -0.39 is 0 Å². The number of nitrogens with zero attached hydrogens (tertiary/aromatic N) is 4. The number of thioether (sulfide) groups is 1. The highest BCUT2D eigenvalue weighted by Gasteiger charge is 2.22. The van der Waals surface area contributed by atoms with E-state index in [1.54, 1.807) is 24.4 Å². The Hall–Kier alpha value is -3.82. The van der Waals surface area contributed by atoms with Crippen LogP contribution in [0, 0.1) is 29.6 Å². The Balaban J connectivity index is 1.77. The molecule has 0 bridgehead atoms. The van der Waals surface area contributed by atoms with Crippen molar-refractivity contribution >= 4 is 29.3 Å². The fourth-order valence-corrected chi connectivity index (χ4v) is 3.56. The van der Waals surface area contributed by atoms with Crippen molar-refractivity contribution in [2.45, 2.75) is 18.4 Å². The van der Waals surface area contributed by atoms with Gasteiger partial charge in [-0.2, -0.15) is 10.5 Å². The van der Waals surface area contributed by atoms with Crippen LogP contribution in [0.1, 0.15) is 23.1 Å². The van der Waals surface area contributed by atoms with E-state index in [9.17, 15) is 15.3 Å². The van der Waals surface area contributed by atoms with Gasteiger partial charge < -0.3 is 15.5 Å². The molecule has 9 heteroatoms. The quantitative estimate of drug-likeness (QED) is 0.595. The van der Waals surface area contributed by atoms with Crippen molar-refractivity contribution < 1.29 is 9.21 Å². The fourth-order valence-electron chi connectivity index (χ4n) is 2.62. The van der Waals surface area contributed by atoms with Gasteiger partial charge in [0.25, 0.3) is 0 Å². The molecular formula is C20H16N6O2S. The smallest absolute Gasteiger partial charge is 0.226 e. The Bertz CT molecular complexity index is 1130. The first-order valence-corrected chi connectivity index (χ1v) is 9.55. The van der Waals surface area contributed by atoms with Gasteiger partial charge in [0, 0.05) is 18.4 Å². The van der Waals surface area contributed by atoms with Gasteiger partial charge in [-0.25, -0.2) is 9.97 Å². The number of anilines is 2. The summed E-state index contributed by atoms with van der Waals surface area (Å²) in [7, 11) is 0. The van der Waals surface area contributed by atoms with Gasteiger partial charge in [0.15, 0.2) is 0 Å². The lowest BCUT2D eigenvalue weighted by atomic mass is 10.0. The number of amides is 1. The van der Waals surface area contributed by atoms with Crippen molar-refractivity contribution in [2.24, 2.45) is 0 Å². The Kier molecular flexibility index (Phi) is 6.12. The number of pyridine rings is 2. The van der Waals surface area contributed by atoms with E-state index in [1.165, 1.54) is 18.0 Å². The van der Waals surface area contributed by atoms with Crippen LogP contribution in [0.4, 0.5) is 11.6 Å². The molecule has 3 heterocycles. The third-order valence-electron chi connectivity index (χ3n) is 3.93. The second-order valence-electron chi connectivity index (χ2n) is 5.99. The highest BCUT2D eigenvalue weighted by molar-refractivity contribution is 7.99. The molecule has 0 saturated heterocycles. The summed E-state index contributed by atoms with van der Waals surface area (Å²) in [6.07, 6.45) is 3.26. The van der Waals surface area contributed by atoms with E-state index in [1.807, 2.05) is 19.1 Å². The molecule has 3 aromatic heterocycles. The zero-order chi connectivity index (χ0) is 20.8. The molecule has 0 aliphatic carbocycles. The number of aryl methyl sites for hydroxylation is 1. The summed E-state index contributed by atoms with van der Waals surface area (Å²) in [6.45, 7) is 1.91. The third kappa shape index (κ3) is 4.54. The largest absolute Gasteiger partial charge is 0.464 e. The van der Waals surface area contributed by atoms with Crippen molar-refractivity contribution in [3.63, 3.8) is 0 Å². The van der Waals surface area contributed by atoms with Crippen LogP contribution in [0.5, 0.6) is 0 Å². The minimum atomic E-state index is -0.206. The van der Waals surface area contributed by atoms with Crippen LogP contribution in [0.2, 0.25) is 0 Å². The van der Waals surface area contributed by atoms with Gasteiger partial charge in [0.1, 0.15) is 40.1 Å². The number of carbonyl (C=O) groups is 1. The van der Waals surface area contributed by atoms with Crippen molar-refractivity contribution in [3.8, 4) is 23.5 Å². The maximum Gasteiger partial charge on any atom is 0.226 e. The minimum Gasteiger partial charge on any atom is -0.464 e. The predicted octanol–water partition coefficient (Wildman–Crippen LogP) is 3.49. The number of carbonyl (C=O) groups excluding carboxylic acids is 1. The number of nitrogens with two attached hydrogens (primary N) is 1. The summed E-state index contributed by atoms with van der Waals surface area (Å²) >= 11 is 1.21. The molecule has 0 unspecified atom stereocenters. The van der Waals surface area contributed by atoms with Gasteiger partial charge in [-0.1, -0.05) is 0 Å². The summed E-state index contributed by atoms with van der Waals surface area (Å²) in [6, 6.07) is 11.0. The first-order chi connectivity index (χ1) is 14.0. The highest BCUT2D eigenvalue weighted by atomic mass is 32.2. The van der Waals surface area contributed by atoms with Gasteiger partial charge in [0.05, 0.1) is 17.4 Å². The number of nitrogen functional groups attached to an aromatic ring is 1. The Morgan fingerprint density at radius 3 is 2.76 bits per heavy atom. The van der Waals surface area contributed by atoms with Gasteiger partial charge in [-0.05, 0) is 36.8 Å². The number of rotatable bonds is 6. The molecule has 0 aromatic carbocycles. The molecule has 0 saturated carbocycles. The Morgan fingerprint density at radius 1 is 1.31 bits per heavy atom. The van der Waals surface area contributed by atoms with Crippen molar-refractivity contribution in [1.29, 1.82) is 10.5 Å². The van der Waals surface area contributed by atoms with Crippen LogP contribution >= 0.6 is 11.8 Å². The Labute approximate surface area is 171 Å².